The number of rotatable bonds is 9. The summed E-state index contributed by atoms with van der Waals surface area (Å²) in [5.41, 5.74) is 1.93. The molecule has 0 spiro atoms. The molecule has 0 saturated carbocycles. The van der Waals surface area contributed by atoms with E-state index in [1.54, 1.807) is 4.90 Å². The second-order valence-electron chi connectivity index (χ2n) is 7.21. The van der Waals surface area contributed by atoms with Crippen LogP contribution in [0.1, 0.15) is 51.0 Å². The Morgan fingerprint density at radius 3 is 2.53 bits per heavy atom. The summed E-state index contributed by atoms with van der Waals surface area (Å²) in [7, 11) is 0. The Hall–Kier alpha value is -1.71. The van der Waals surface area contributed by atoms with E-state index in [0.29, 0.717) is 27.8 Å². The van der Waals surface area contributed by atoms with Gasteiger partial charge >= 0.3 is 5.97 Å². The van der Waals surface area contributed by atoms with E-state index in [9.17, 15) is 14.4 Å². The largest absolute Gasteiger partial charge is 0.481 e. The third kappa shape index (κ3) is 4.78. The fraction of sp³-hybridized carbons (Fsp3) is 0.429. The number of thiocarbonyl (C=S) groups is 1. The number of carbonyl (C=O) groups is 3. The topological polar surface area (TPSA) is 77.9 Å². The zero-order valence-corrected chi connectivity index (χ0v) is 19.9. The van der Waals surface area contributed by atoms with Gasteiger partial charge in [-0.3, -0.25) is 19.3 Å². The van der Waals surface area contributed by atoms with Crippen molar-refractivity contribution in [3.05, 3.63) is 33.1 Å². The highest BCUT2D eigenvalue weighted by atomic mass is 79.9. The maximum Gasteiger partial charge on any atom is 0.303 e. The number of thioether (sulfide) groups is 1. The molecular weight excluding hydrogens is 488 g/mol. The Morgan fingerprint density at radius 1 is 1.10 bits per heavy atom. The molecule has 2 aliphatic rings. The third-order valence-corrected chi connectivity index (χ3v) is 7.00. The molecule has 1 N–H and O–H groups in total. The van der Waals surface area contributed by atoms with Crippen LogP contribution in [0, 0.1) is 0 Å². The summed E-state index contributed by atoms with van der Waals surface area (Å²) in [5, 5.41) is 8.84. The lowest BCUT2D eigenvalue weighted by Crippen LogP contribution is -2.30. The van der Waals surface area contributed by atoms with Crippen molar-refractivity contribution in [2.24, 2.45) is 0 Å². The van der Waals surface area contributed by atoms with E-state index in [1.165, 1.54) is 4.90 Å². The molecule has 0 atom stereocenters. The first kappa shape index (κ1) is 23.0. The van der Waals surface area contributed by atoms with Crippen LogP contribution in [-0.4, -0.2) is 45.2 Å². The van der Waals surface area contributed by atoms with E-state index in [-0.39, 0.29) is 24.8 Å². The molecule has 160 valence electrons. The van der Waals surface area contributed by atoms with Crippen LogP contribution in [0.3, 0.4) is 0 Å². The summed E-state index contributed by atoms with van der Waals surface area (Å²) >= 11 is 9.94. The van der Waals surface area contributed by atoms with Gasteiger partial charge in [0.1, 0.15) is 4.32 Å². The predicted molar refractivity (Wildman–Crippen MR) is 126 cm³/mol. The smallest absolute Gasteiger partial charge is 0.303 e. The molecule has 0 aliphatic carbocycles. The molecule has 1 aromatic rings. The van der Waals surface area contributed by atoms with Crippen molar-refractivity contribution in [3.63, 3.8) is 0 Å². The van der Waals surface area contributed by atoms with Crippen LogP contribution < -0.4 is 4.90 Å². The van der Waals surface area contributed by atoms with Gasteiger partial charge in [0.25, 0.3) is 11.8 Å². The molecule has 2 aliphatic heterocycles. The highest BCUT2D eigenvalue weighted by molar-refractivity contribution is 9.10. The maximum atomic E-state index is 13.3. The minimum atomic E-state index is -0.915. The summed E-state index contributed by atoms with van der Waals surface area (Å²) in [6, 6.07) is 5.66. The van der Waals surface area contributed by atoms with E-state index in [1.807, 2.05) is 18.2 Å². The Bertz CT molecular complexity index is 932. The van der Waals surface area contributed by atoms with Gasteiger partial charge in [-0.05, 0) is 31.0 Å². The number of carbonyl (C=O) groups excluding carboxylic acids is 2. The Kier molecular flexibility index (Phi) is 7.70. The van der Waals surface area contributed by atoms with E-state index in [0.717, 1.165) is 53.2 Å². The molecule has 0 aromatic heterocycles. The summed E-state index contributed by atoms with van der Waals surface area (Å²) in [5.74, 6) is -1.41. The molecule has 1 saturated heterocycles. The molecule has 9 heteroatoms. The van der Waals surface area contributed by atoms with Gasteiger partial charge in [0.05, 0.1) is 16.2 Å². The van der Waals surface area contributed by atoms with Crippen LogP contribution in [0.2, 0.25) is 0 Å². The molecule has 1 fully saturated rings. The van der Waals surface area contributed by atoms with Crippen molar-refractivity contribution in [2.75, 3.05) is 18.0 Å². The molecule has 6 nitrogen and oxygen atoms in total. The van der Waals surface area contributed by atoms with Crippen molar-refractivity contribution in [3.8, 4) is 0 Å². The normalized spacial score (nSPS) is 18.5. The van der Waals surface area contributed by atoms with Crippen LogP contribution in [0.4, 0.5) is 5.69 Å². The van der Waals surface area contributed by atoms with E-state index < -0.39 is 5.97 Å². The highest BCUT2D eigenvalue weighted by Crippen LogP contribution is 2.45. The third-order valence-electron chi connectivity index (χ3n) is 5.06. The monoisotopic (exact) mass is 510 g/mol. The van der Waals surface area contributed by atoms with Crippen LogP contribution in [0.15, 0.2) is 27.6 Å². The van der Waals surface area contributed by atoms with E-state index >= 15 is 0 Å². The SMILES string of the molecule is CCCCCCN1C(=O)C(=C2SC(=S)N(CCCC(=O)O)C2=O)c2cc(Br)ccc21. The van der Waals surface area contributed by atoms with Crippen molar-refractivity contribution < 1.29 is 19.5 Å². The highest BCUT2D eigenvalue weighted by Gasteiger charge is 2.41. The Labute approximate surface area is 193 Å². The van der Waals surface area contributed by atoms with Gasteiger partial charge in [0.15, 0.2) is 0 Å². The number of anilines is 1. The number of halogens is 1. The maximum absolute atomic E-state index is 13.3. The predicted octanol–water partition coefficient (Wildman–Crippen LogP) is 4.81. The van der Waals surface area contributed by atoms with E-state index in [2.05, 4.69) is 22.9 Å². The van der Waals surface area contributed by atoms with Gasteiger partial charge < -0.3 is 10.0 Å². The number of fused-ring (bicyclic) bond motifs is 1. The van der Waals surface area contributed by atoms with Crippen LogP contribution in [-0.2, 0) is 14.4 Å². The molecule has 3 rings (SSSR count). The standard InChI is InChI=1S/C21H23BrN2O4S2/c1-2-3-4-5-10-23-15-9-8-13(22)12-14(15)17(19(23)27)18-20(28)24(21(29)30-18)11-6-7-16(25)26/h8-9,12H,2-7,10-11H2,1H3,(H,25,26). The molecule has 1 aromatic carbocycles. The van der Waals surface area contributed by atoms with Crippen molar-refractivity contribution in [1.82, 2.24) is 4.90 Å². The van der Waals surface area contributed by atoms with Gasteiger partial charge in [0, 0.05) is 29.5 Å². The fourth-order valence-corrected chi connectivity index (χ4v) is 5.31. The molecule has 2 heterocycles. The zero-order chi connectivity index (χ0) is 21.8. The Balaban J connectivity index is 1.90. The number of unbranched alkanes of at least 4 members (excludes halogenated alkanes) is 3. The van der Waals surface area contributed by atoms with Gasteiger partial charge in [-0.2, -0.15) is 0 Å². The summed E-state index contributed by atoms with van der Waals surface area (Å²) < 4.78 is 1.19. The fourth-order valence-electron chi connectivity index (χ4n) is 3.57. The summed E-state index contributed by atoms with van der Waals surface area (Å²) in [6.07, 6.45) is 4.46. The quantitative estimate of drug-likeness (QED) is 0.291. The number of carboxylic acids is 1. The second-order valence-corrected chi connectivity index (χ2v) is 9.76. The Morgan fingerprint density at radius 2 is 1.83 bits per heavy atom. The minimum absolute atomic E-state index is 0.0385. The van der Waals surface area contributed by atoms with Crippen molar-refractivity contribution in [2.45, 2.75) is 45.4 Å². The lowest BCUT2D eigenvalue weighted by molar-refractivity contribution is -0.137. The lowest BCUT2D eigenvalue weighted by atomic mass is 10.1. The van der Waals surface area contributed by atoms with Gasteiger partial charge in [-0.25, -0.2) is 0 Å². The molecule has 2 amide bonds. The molecule has 0 radical (unpaired) electrons. The zero-order valence-electron chi connectivity index (χ0n) is 16.6. The van der Waals surface area contributed by atoms with Crippen LogP contribution >= 0.6 is 39.9 Å². The molecular formula is C21H23BrN2O4S2. The second kappa shape index (κ2) is 10.1. The first-order chi connectivity index (χ1) is 14.3. The number of benzene rings is 1. The molecule has 0 unspecified atom stereocenters. The average Bonchev–Trinajstić information content (AvgIpc) is 3.11. The number of nitrogens with zero attached hydrogens (tertiary/aromatic N) is 2. The molecule has 0 bridgehead atoms. The van der Waals surface area contributed by atoms with E-state index in [4.69, 9.17) is 17.3 Å². The first-order valence-corrected chi connectivity index (χ1v) is 12.0. The lowest BCUT2D eigenvalue weighted by Gasteiger charge is -2.17. The number of hydrogen-bond acceptors (Lipinski definition) is 5. The van der Waals surface area contributed by atoms with Gasteiger partial charge in [0.2, 0.25) is 0 Å². The molecule has 30 heavy (non-hydrogen) atoms. The number of aliphatic carboxylic acids is 1. The van der Waals surface area contributed by atoms with Crippen molar-refractivity contribution in [1.29, 1.82) is 0 Å². The van der Waals surface area contributed by atoms with Crippen molar-refractivity contribution >= 4 is 73.3 Å². The first-order valence-electron chi connectivity index (χ1n) is 9.96. The van der Waals surface area contributed by atoms with Gasteiger partial charge in [-0.1, -0.05) is 66.1 Å². The number of amides is 2. The minimum Gasteiger partial charge on any atom is -0.481 e. The number of hydrogen-bond donors (Lipinski definition) is 1. The average molecular weight is 511 g/mol. The van der Waals surface area contributed by atoms with Gasteiger partial charge in [-0.15, -0.1) is 0 Å². The summed E-state index contributed by atoms with van der Waals surface area (Å²) in [6.45, 7) is 2.98. The number of carboxylic acid groups (broad SMARTS) is 1. The van der Waals surface area contributed by atoms with Crippen LogP contribution in [0.25, 0.3) is 5.57 Å². The van der Waals surface area contributed by atoms with Crippen LogP contribution in [0.5, 0.6) is 0 Å². The summed E-state index contributed by atoms with van der Waals surface area (Å²) in [4.78, 5) is 40.7.